The fourth-order valence-electron chi connectivity index (χ4n) is 6.88. The first-order valence-electron chi connectivity index (χ1n) is 13.0. The topological polar surface area (TPSA) is 71.9 Å². The lowest BCUT2D eigenvalue weighted by Crippen LogP contribution is -2.53. The van der Waals surface area contributed by atoms with Crippen LogP contribution in [0.2, 0.25) is 0 Å². The first-order chi connectivity index (χ1) is 16.8. The van der Waals surface area contributed by atoms with Crippen LogP contribution in [0.25, 0.3) is 0 Å². The van der Waals surface area contributed by atoms with Crippen molar-refractivity contribution in [1.29, 1.82) is 0 Å². The van der Waals surface area contributed by atoms with Crippen LogP contribution in [-0.4, -0.2) is 47.2 Å². The van der Waals surface area contributed by atoms with Crippen LogP contribution >= 0.6 is 11.3 Å². The summed E-state index contributed by atoms with van der Waals surface area (Å²) in [6.45, 7) is 8.75. The Morgan fingerprint density at radius 3 is 2.63 bits per heavy atom. The van der Waals surface area contributed by atoms with Gasteiger partial charge in [0.15, 0.2) is 0 Å². The molecule has 1 aromatic heterocycles. The van der Waals surface area contributed by atoms with Gasteiger partial charge in [-0.15, -0.1) is 11.3 Å². The minimum absolute atomic E-state index is 0.0155. The molecule has 1 amide bonds. The van der Waals surface area contributed by atoms with E-state index in [4.69, 9.17) is 14.5 Å². The summed E-state index contributed by atoms with van der Waals surface area (Å²) in [5.41, 5.74) is 1.14. The van der Waals surface area contributed by atoms with Crippen molar-refractivity contribution in [1.82, 2.24) is 9.88 Å². The molecule has 35 heavy (non-hydrogen) atoms. The Hall–Kier alpha value is -2.12. The highest BCUT2D eigenvalue weighted by atomic mass is 32.1. The number of hydrogen-bond donors (Lipinski definition) is 1. The van der Waals surface area contributed by atoms with Gasteiger partial charge in [0.2, 0.25) is 5.91 Å². The van der Waals surface area contributed by atoms with E-state index in [0.29, 0.717) is 6.61 Å². The fourth-order valence-corrected chi connectivity index (χ4v) is 8.17. The number of aromatic nitrogens is 1. The Morgan fingerprint density at radius 1 is 1.26 bits per heavy atom. The maximum atomic E-state index is 13.1. The highest BCUT2D eigenvalue weighted by Gasteiger charge is 2.54. The predicted octanol–water partition coefficient (Wildman–Crippen LogP) is 5.04. The molecular formula is C28H38N2O4S. The number of rotatable bonds is 6. The Morgan fingerprint density at radius 2 is 1.94 bits per heavy atom. The third-order valence-corrected chi connectivity index (χ3v) is 9.88. The number of ether oxygens (including phenoxy) is 2. The second kappa shape index (κ2) is 9.74. The highest BCUT2D eigenvalue weighted by Crippen LogP contribution is 2.57. The summed E-state index contributed by atoms with van der Waals surface area (Å²) in [4.78, 5) is 21.4. The van der Waals surface area contributed by atoms with Crippen molar-refractivity contribution in [2.24, 2.45) is 23.2 Å². The highest BCUT2D eigenvalue weighted by molar-refractivity contribution is 7.11. The van der Waals surface area contributed by atoms with Gasteiger partial charge in [0, 0.05) is 29.8 Å². The average Bonchev–Trinajstić information content (AvgIpc) is 3.52. The summed E-state index contributed by atoms with van der Waals surface area (Å²) < 4.78 is 11.2. The standard InChI is InChI=1S/C28H38N2O4S/c1-17(27(32)30-13-5-6-14-30)21-11-12-28(3)15-22-25(18(2)24(28)26(21)31)29-23(35-22)16-34-20-9-7-19(33-4)8-10-20/h7-10,17-18,21,24,26,31H,5-6,11-16H2,1-4H3. The van der Waals surface area contributed by atoms with Gasteiger partial charge in [-0.05, 0) is 73.6 Å². The van der Waals surface area contributed by atoms with E-state index in [2.05, 4.69) is 13.8 Å². The summed E-state index contributed by atoms with van der Waals surface area (Å²) in [7, 11) is 1.65. The van der Waals surface area contributed by atoms with Gasteiger partial charge in [0.05, 0.1) is 18.9 Å². The number of aliphatic hydroxyl groups excluding tert-OH is 1. The van der Waals surface area contributed by atoms with Crippen LogP contribution in [-0.2, 0) is 17.8 Å². The molecular weight excluding hydrogens is 460 g/mol. The van der Waals surface area contributed by atoms with Gasteiger partial charge in [-0.25, -0.2) is 4.98 Å². The van der Waals surface area contributed by atoms with Crippen LogP contribution in [0.4, 0.5) is 0 Å². The molecule has 1 N–H and O–H groups in total. The van der Waals surface area contributed by atoms with E-state index in [1.54, 1.807) is 18.4 Å². The van der Waals surface area contributed by atoms with Crippen LogP contribution in [0.1, 0.15) is 68.0 Å². The zero-order chi connectivity index (χ0) is 24.7. The number of carbonyl (C=O) groups excluding carboxylic acids is 1. The zero-order valence-corrected chi connectivity index (χ0v) is 22.1. The monoisotopic (exact) mass is 498 g/mol. The van der Waals surface area contributed by atoms with E-state index in [1.165, 1.54) is 4.88 Å². The Balaban J connectivity index is 1.30. The number of likely N-dealkylation sites (tertiary alicyclic amines) is 1. The molecule has 1 saturated heterocycles. The summed E-state index contributed by atoms with van der Waals surface area (Å²) in [5, 5.41) is 12.6. The molecule has 190 valence electrons. The van der Waals surface area contributed by atoms with Crippen molar-refractivity contribution in [3.8, 4) is 11.5 Å². The number of amides is 1. The van der Waals surface area contributed by atoms with Gasteiger partial charge in [0.25, 0.3) is 0 Å². The first kappa shape index (κ1) is 24.6. The summed E-state index contributed by atoms with van der Waals surface area (Å²) in [6.07, 6.45) is 4.59. The maximum absolute atomic E-state index is 13.1. The third kappa shape index (κ3) is 4.57. The number of nitrogens with zero attached hydrogens (tertiary/aromatic N) is 2. The molecule has 6 unspecified atom stereocenters. The number of thiazole rings is 1. The van der Waals surface area contributed by atoms with Gasteiger partial charge in [0.1, 0.15) is 23.1 Å². The molecule has 1 aromatic carbocycles. The third-order valence-electron chi connectivity index (χ3n) is 8.84. The molecule has 0 radical (unpaired) electrons. The summed E-state index contributed by atoms with van der Waals surface area (Å²) >= 11 is 1.75. The molecule has 0 bridgehead atoms. The lowest BCUT2D eigenvalue weighted by Gasteiger charge is -2.53. The minimum atomic E-state index is -0.487. The van der Waals surface area contributed by atoms with Crippen molar-refractivity contribution >= 4 is 17.2 Å². The second-order valence-electron chi connectivity index (χ2n) is 11.0. The normalized spacial score (nSPS) is 30.9. The number of aliphatic hydroxyl groups is 1. The summed E-state index contributed by atoms with van der Waals surface area (Å²) in [6, 6.07) is 7.60. The van der Waals surface area contributed by atoms with E-state index in [0.717, 1.165) is 67.4 Å². The lowest BCUT2D eigenvalue weighted by molar-refractivity contribution is -0.143. The lowest BCUT2D eigenvalue weighted by atomic mass is 9.53. The van der Waals surface area contributed by atoms with E-state index in [-0.39, 0.29) is 35.0 Å². The largest absolute Gasteiger partial charge is 0.497 e. The van der Waals surface area contributed by atoms with Gasteiger partial charge in [-0.3, -0.25) is 4.79 Å². The predicted molar refractivity (Wildman–Crippen MR) is 137 cm³/mol. The molecule has 6 atom stereocenters. The van der Waals surface area contributed by atoms with Crippen LogP contribution in [0.3, 0.4) is 0 Å². The molecule has 2 aromatic rings. The van der Waals surface area contributed by atoms with Crippen LogP contribution in [0.15, 0.2) is 24.3 Å². The summed E-state index contributed by atoms with van der Waals surface area (Å²) in [5.74, 6) is 1.97. The quantitative estimate of drug-likeness (QED) is 0.604. The number of fused-ring (bicyclic) bond motifs is 2. The van der Waals surface area contributed by atoms with Crippen molar-refractivity contribution in [3.63, 3.8) is 0 Å². The maximum Gasteiger partial charge on any atom is 0.225 e. The van der Waals surface area contributed by atoms with Crippen molar-refractivity contribution in [2.45, 2.75) is 71.5 Å². The van der Waals surface area contributed by atoms with Crippen LogP contribution in [0.5, 0.6) is 11.5 Å². The van der Waals surface area contributed by atoms with Gasteiger partial charge in [-0.2, -0.15) is 0 Å². The zero-order valence-electron chi connectivity index (χ0n) is 21.3. The second-order valence-corrected chi connectivity index (χ2v) is 12.2. The number of benzene rings is 1. The van der Waals surface area contributed by atoms with Gasteiger partial charge >= 0.3 is 0 Å². The van der Waals surface area contributed by atoms with Crippen LogP contribution < -0.4 is 9.47 Å². The Bertz CT molecular complexity index is 1050. The van der Waals surface area contributed by atoms with E-state index in [9.17, 15) is 9.90 Å². The average molecular weight is 499 g/mol. The van der Waals surface area contributed by atoms with E-state index in [1.807, 2.05) is 36.1 Å². The molecule has 2 fully saturated rings. The van der Waals surface area contributed by atoms with Gasteiger partial charge < -0.3 is 19.5 Å². The molecule has 2 heterocycles. The molecule has 1 aliphatic heterocycles. The Kier molecular flexibility index (Phi) is 6.83. The minimum Gasteiger partial charge on any atom is -0.497 e. The molecule has 1 saturated carbocycles. The van der Waals surface area contributed by atoms with E-state index >= 15 is 0 Å². The molecule has 6 nitrogen and oxygen atoms in total. The van der Waals surface area contributed by atoms with Gasteiger partial charge in [-0.1, -0.05) is 20.8 Å². The molecule has 3 aliphatic rings. The number of hydrogen-bond acceptors (Lipinski definition) is 6. The smallest absolute Gasteiger partial charge is 0.225 e. The SMILES string of the molecule is COc1ccc(OCc2nc3c(s2)CC2(C)CCC(C(C)C(=O)N4CCCC4)C(O)C2C3C)cc1. The molecule has 5 rings (SSSR count). The molecule has 2 aliphatic carbocycles. The Labute approximate surface area is 212 Å². The van der Waals surface area contributed by atoms with Crippen LogP contribution in [0, 0.1) is 23.2 Å². The molecule has 7 heteroatoms. The number of methoxy groups -OCH3 is 1. The number of carbonyl (C=O) groups is 1. The van der Waals surface area contributed by atoms with E-state index < -0.39 is 6.10 Å². The van der Waals surface area contributed by atoms with Crippen molar-refractivity contribution in [3.05, 3.63) is 39.8 Å². The first-order valence-corrected chi connectivity index (χ1v) is 13.8. The van der Waals surface area contributed by atoms with Crippen molar-refractivity contribution in [2.75, 3.05) is 20.2 Å². The fraction of sp³-hybridized carbons (Fsp3) is 0.643. The van der Waals surface area contributed by atoms with Crippen molar-refractivity contribution < 1.29 is 19.4 Å². The molecule has 0 spiro atoms.